The molecule has 0 spiro atoms. The van der Waals surface area contributed by atoms with Crippen LogP contribution in [-0.4, -0.2) is 61.7 Å². The Balaban J connectivity index is 1.18. The molecule has 4 aliphatic carbocycles. The highest BCUT2D eigenvalue weighted by Crippen LogP contribution is 2.73. The molecule has 2 heterocycles. The van der Waals surface area contributed by atoms with Crippen LogP contribution in [0.1, 0.15) is 50.6 Å². The number of ether oxygens (including phenoxy) is 2. The molecule has 0 saturated heterocycles. The van der Waals surface area contributed by atoms with E-state index in [-0.39, 0.29) is 24.2 Å². The number of pyridine rings is 1. The molecule has 0 radical (unpaired) electrons. The second-order valence-corrected chi connectivity index (χ2v) is 9.90. The van der Waals surface area contributed by atoms with E-state index in [9.17, 15) is 14.7 Å². The molecule has 176 valence electrons. The average Bonchev–Trinajstić information content (AvgIpc) is 3.40. The van der Waals surface area contributed by atoms with Crippen LogP contribution < -0.4 is 4.74 Å². The minimum Gasteiger partial charge on any atom is -0.491 e. The fourth-order valence-corrected chi connectivity index (χ4v) is 5.63. The van der Waals surface area contributed by atoms with E-state index in [1.54, 1.807) is 35.9 Å². The third-order valence-electron chi connectivity index (χ3n) is 7.55. The lowest BCUT2D eigenvalue weighted by Crippen LogP contribution is -2.67. The SMILES string of the molecule is CN(C(=O)OCc1c(-c2ccc(OCC34CC(C(=O)O)(C3)C4)cn2)nnn1C)C1CCCC1. The first-order chi connectivity index (χ1) is 15.8. The lowest BCUT2D eigenvalue weighted by atomic mass is 9.35. The molecule has 10 nitrogen and oxygen atoms in total. The first-order valence-electron chi connectivity index (χ1n) is 11.4. The first-order valence-corrected chi connectivity index (χ1v) is 11.4. The number of carbonyl (C=O) groups excluding carboxylic acids is 1. The molecule has 2 bridgehead atoms. The Labute approximate surface area is 191 Å². The third-order valence-corrected chi connectivity index (χ3v) is 7.55. The molecule has 0 atom stereocenters. The summed E-state index contributed by atoms with van der Waals surface area (Å²) < 4.78 is 13.0. The van der Waals surface area contributed by atoms with E-state index in [1.165, 1.54) is 0 Å². The summed E-state index contributed by atoms with van der Waals surface area (Å²) in [4.78, 5) is 29.9. The Kier molecular flexibility index (Phi) is 5.25. The maximum atomic E-state index is 12.5. The van der Waals surface area contributed by atoms with Crippen molar-refractivity contribution in [2.75, 3.05) is 13.7 Å². The molecule has 2 aromatic heterocycles. The van der Waals surface area contributed by atoms with Crippen LogP contribution in [0.3, 0.4) is 0 Å². The van der Waals surface area contributed by atoms with Gasteiger partial charge in [0.2, 0.25) is 0 Å². The van der Waals surface area contributed by atoms with E-state index in [2.05, 4.69) is 15.3 Å². The van der Waals surface area contributed by atoms with Crippen LogP contribution in [0.25, 0.3) is 11.4 Å². The molecule has 10 heteroatoms. The molecule has 2 aromatic rings. The number of rotatable bonds is 8. The largest absolute Gasteiger partial charge is 0.491 e. The summed E-state index contributed by atoms with van der Waals surface area (Å²) in [7, 11) is 3.54. The minimum absolute atomic E-state index is 0.00463. The zero-order valence-corrected chi connectivity index (χ0v) is 19.0. The maximum Gasteiger partial charge on any atom is 0.410 e. The fourth-order valence-electron chi connectivity index (χ4n) is 5.63. The normalized spacial score (nSPS) is 25.8. The number of carboxylic acids is 1. The van der Waals surface area contributed by atoms with Crippen molar-refractivity contribution < 1.29 is 24.2 Å². The maximum absolute atomic E-state index is 12.5. The zero-order valence-electron chi connectivity index (χ0n) is 19.0. The van der Waals surface area contributed by atoms with Gasteiger partial charge in [0.1, 0.15) is 23.7 Å². The number of hydrogen-bond acceptors (Lipinski definition) is 7. The molecule has 4 saturated carbocycles. The number of aryl methyl sites for hydroxylation is 1. The predicted molar refractivity (Wildman–Crippen MR) is 116 cm³/mol. The molecule has 1 amide bonds. The summed E-state index contributed by atoms with van der Waals surface area (Å²) in [6, 6.07) is 3.87. The van der Waals surface area contributed by atoms with Crippen molar-refractivity contribution in [2.45, 2.75) is 57.6 Å². The highest BCUT2D eigenvalue weighted by molar-refractivity contribution is 5.79. The third kappa shape index (κ3) is 3.81. The van der Waals surface area contributed by atoms with Gasteiger partial charge in [-0.3, -0.25) is 9.78 Å². The molecule has 33 heavy (non-hydrogen) atoms. The Morgan fingerprint density at radius 1 is 1.24 bits per heavy atom. The predicted octanol–water partition coefficient (Wildman–Crippen LogP) is 3.02. The van der Waals surface area contributed by atoms with E-state index in [0.29, 0.717) is 48.7 Å². The molecular weight excluding hydrogens is 426 g/mol. The summed E-state index contributed by atoms with van der Waals surface area (Å²) in [6.45, 7) is 0.562. The van der Waals surface area contributed by atoms with E-state index >= 15 is 0 Å². The standard InChI is InChI=1S/C23H29N5O5/c1-27(15-5-3-4-6-15)21(31)32-10-18-19(25-26-28(18)2)17-8-7-16(9-24-17)33-14-22-11-23(12-22,13-22)20(29)30/h7-9,15H,3-6,10-14H2,1-2H3,(H,29,30). The van der Waals surface area contributed by atoms with Crippen molar-refractivity contribution in [2.24, 2.45) is 17.9 Å². The highest BCUT2D eigenvalue weighted by atomic mass is 16.6. The van der Waals surface area contributed by atoms with Gasteiger partial charge in [-0.05, 0) is 44.2 Å². The number of carboxylic acid groups (broad SMARTS) is 1. The van der Waals surface area contributed by atoms with E-state index in [1.807, 2.05) is 6.07 Å². The van der Waals surface area contributed by atoms with Crippen LogP contribution in [0, 0.1) is 10.8 Å². The van der Waals surface area contributed by atoms with Crippen LogP contribution in [-0.2, 0) is 23.2 Å². The smallest absolute Gasteiger partial charge is 0.410 e. The summed E-state index contributed by atoms with van der Waals surface area (Å²) >= 11 is 0. The number of aromatic nitrogens is 4. The Hall–Kier alpha value is -3.17. The molecule has 6 rings (SSSR count). The highest BCUT2D eigenvalue weighted by Gasteiger charge is 2.72. The van der Waals surface area contributed by atoms with Crippen molar-refractivity contribution in [1.29, 1.82) is 0 Å². The van der Waals surface area contributed by atoms with Crippen LogP contribution in [0.15, 0.2) is 18.3 Å². The molecular formula is C23H29N5O5. The van der Waals surface area contributed by atoms with Gasteiger partial charge in [0.15, 0.2) is 0 Å². The lowest BCUT2D eigenvalue weighted by Gasteiger charge is -2.67. The Morgan fingerprint density at radius 2 is 1.97 bits per heavy atom. The Bertz CT molecular complexity index is 1040. The fraction of sp³-hybridized carbons (Fsp3) is 0.609. The van der Waals surface area contributed by atoms with E-state index in [4.69, 9.17) is 9.47 Å². The molecule has 0 aromatic carbocycles. The van der Waals surface area contributed by atoms with E-state index in [0.717, 1.165) is 25.7 Å². The summed E-state index contributed by atoms with van der Waals surface area (Å²) in [6.07, 6.45) is 7.69. The van der Waals surface area contributed by atoms with Crippen LogP contribution >= 0.6 is 0 Å². The van der Waals surface area contributed by atoms with E-state index < -0.39 is 11.4 Å². The quantitative estimate of drug-likeness (QED) is 0.645. The second kappa shape index (κ2) is 8.00. The molecule has 1 N–H and O–H groups in total. The molecule has 0 unspecified atom stereocenters. The second-order valence-electron chi connectivity index (χ2n) is 9.90. The van der Waals surface area contributed by atoms with Crippen LogP contribution in [0.2, 0.25) is 0 Å². The van der Waals surface area contributed by atoms with Gasteiger partial charge in [0, 0.05) is 25.6 Å². The summed E-state index contributed by atoms with van der Waals surface area (Å²) in [5.74, 6) is -0.0612. The van der Waals surface area contributed by atoms with Crippen molar-refractivity contribution in [3.63, 3.8) is 0 Å². The van der Waals surface area contributed by atoms with Gasteiger partial charge in [0.25, 0.3) is 0 Å². The van der Waals surface area contributed by atoms with Crippen molar-refractivity contribution in [3.8, 4) is 17.1 Å². The van der Waals surface area contributed by atoms with Gasteiger partial charge in [-0.2, -0.15) is 0 Å². The van der Waals surface area contributed by atoms with Crippen LogP contribution in [0.5, 0.6) is 5.75 Å². The number of amides is 1. The summed E-state index contributed by atoms with van der Waals surface area (Å²) in [5.41, 5.74) is 1.34. The van der Waals surface area contributed by atoms with Gasteiger partial charge >= 0.3 is 12.1 Å². The van der Waals surface area contributed by atoms with Crippen LogP contribution in [0.4, 0.5) is 4.79 Å². The first kappa shape index (κ1) is 21.7. The number of nitrogens with zero attached hydrogens (tertiary/aromatic N) is 5. The zero-order chi connectivity index (χ0) is 23.2. The molecule has 4 aliphatic rings. The number of aliphatic carboxylic acids is 1. The van der Waals surface area contributed by atoms with Gasteiger partial charge in [-0.1, -0.05) is 18.1 Å². The topological polar surface area (TPSA) is 120 Å². The number of carbonyl (C=O) groups is 2. The van der Waals surface area contributed by atoms with Gasteiger partial charge in [0.05, 0.1) is 23.9 Å². The van der Waals surface area contributed by atoms with Crippen molar-refractivity contribution in [3.05, 3.63) is 24.0 Å². The lowest BCUT2D eigenvalue weighted by molar-refractivity contribution is -0.231. The van der Waals surface area contributed by atoms with Crippen molar-refractivity contribution >= 4 is 12.1 Å². The molecule has 0 aliphatic heterocycles. The van der Waals surface area contributed by atoms with Crippen molar-refractivity contribution in [1.82, 2.24) is 24.9 Å². The van der Waals surface area contributed by atoms with Gasteiger partial charge in [-0.15, -0.1) is 5.10 Å². The Morgan fingerprint density at radius 3 is 2.61 bits per heavy atom. The minimum atomic E-state index is -0.689. The van der Waals surface area contributed by atoms with Gasteiger partial charge < -0.3 is 19.5 Å². The average molecular weight is 456 g/mol. The monoisotopic (exact) mass is 455 g/mol. The molecule has 4 fully saturated rings. The summed E-state index contributed by atoms with van der Waals surface area (Å²) in [5, 5.41) is 17.5. The number of hydrogen-bond donors (Lipinski definition) is 1. The van der Waals surface area contributed by atoms with Gasteiger partial charge in [-0.25, -0.2) is 9.48 Å².